The third-order valence-corrected chi connectivity index (χ3v) is 2.03. The average molecular weight is 248 g/mol. The fourth-order valence-corrected chi connectivity index (χ4v) is 1.49. The molecular formula is C10H11Cl2NO2. The van der Waals surface area contributed by atoms with Gasteiger partial charge < -0.3 is 4.84 Å². The molecule has 1 N–H and O–H groups in total. The summed E-state index contributed by atoms with van der Waals surface area (Å²) < 4.78 is 0. The fourth-order valence-electron chi connectivity index (χ4n) is 0.981. The summed E-state index contributed by atoms with van der Waals surface area (Å²) in [6.07, 6.45) is 1.19. The highest BCUT2D eigenvalue weighted by atomic mass is 35.5. The van der Waals surface area contributed by atoms with Gasteiger partial charge in [-0.05, 0) is 12.5 Å². The molecule has 1 aromatic rings. The van der Waals surface area contributed by atoms with Crippen LogP contribution in [0.1, 0.15) is 19.8 Å². The van der Waals surface area contributed by atoms with Crippen molar-refractivity contribution < 1.29 is 9.63 Å². The van der Waals surface area contributed by atoms with Crippen molar-refractivity contribution in [2.45, 2.75) is 19.8 Å². The molecule has 0 aliphatic heterocycles. The van der Waals surface area contributed by atoms with Crippen molar-refractivity contribution in [1.82, 2.24) is 5.48 Å². The molecule has 0 radical (unpaired) electrons. The Hall–Kier alpha value is -0.930. The Morgan fingerprint density at radius 2 is 1.93 bits per heavy atom. The fraction of sp³-hybridized carbons (Fsp3) is 0.300. The van der Waals surface area contributed by atoms with Crippen LogP contribution in [0.25, 0.3) is 0 Å². The Morgan fingerprint density at radius 1 is 1.33 bits per heavy atom. The average Bonchev–Trinajstić information content (AvgIpc) is 2.14. The zero-order valence-electron chi connectivity index (χ0n) is 8.22. The Kier molecular flexibility index (Phi) is 4.72. The number of nitrogens with one attached hydrogen (secondary N) is 1. The quantitative estimate of drug-likeness (QED) is 0.831. The third-order valence-electron chi connectivity index (χ3n) is 1.60. The second-order valence-electron chi connectivity index (χ2n) is 2.98. The van der Waals surface area contributed by atoms with E-state index in [9.17, 15) is 4.79 Å². The van der Waals surface area contributed by atoms with Crippen molar-refractivity contribution in [3.63, 3.8) is 0 Å². The molecule has 3 nitrogen and oxygen atoms in total. The maximum Gasteiger partial charge on any atom is 0.252 e. The topological polar surface area (TPSA) is 38.3 Å². The van der Waals surface area contributed by atoms with Gasteiger partial charge in [-0.1, -0.05) is 30.1 Å². The van der Waals surface area contributed by atoms with Crippen molar-refractivity contribution in [3.05, 3.63) is 28.2 Å². The number of carbonyl (C=O) groups excluding carboxylic acids is 1. The van der Waals surface area contributed by atoms with Crippen LogP contribution in [0.15, 0.2) is 18.2 Å². The lowest BCUT2D eigenvalue weighted by molar-refractivity contribution is -0.127. The van der Waals surface area contributed by atoms with Crippen molar-refractivity contribution in [2.75, 3.05) is 0 Å². The molecule has 0 aliphatic rings. The Bertz CT molecular complexity index is 335. The molecule has 0 aromatic heterocycles. The lowest BCUT2D eigenvalue weighted by Gasteiger charge is -2.06. The number of hydrogen-bond acceptors (Lipinski definition) is 2. The van der Waals surface area contributed by atoms with Gasteiger partial charge in [-0.25, -0.2) is 0 Å². The van der Waals surface area contributed by atoms with E-state index in [1.165, 1.54) is 0 Å². The molecule has 0 fully saturated rings. The van der Waals surface area contributed by atoms with Crippen molar-refractivity contribution in [3.8, 4) is 5.75 Å². The van der Waals surface area contributed by atoms with Crippen LogP contribution in [-0.4, -0.2) is 5.91 Å². The molecule has 5 heteroatoms. The van der Waals surface area contributed by atoms with Crippen LogP contribution in [-0.2, 0) is 4.79 Å². The van der Waals surface area contributed by atoms with Crippen LogP contribution >= 0.6 is 23.2 Å². The molecule has 0 aliphatic carbocycles. The zero-order chi connectivity index (χ0) is 11.3. The second kappa shape index (κ2) is 5.83. The summed E-state index contributed by atoms with van der Waals surface area (Å²) in [6, 6.07) is 4.73. The second-order valence-corrected chi connectivity index (χ2v) is 3.86. The monoisotopic (exact) mass is 247 g/mol. The lowest BCUT2D eigenvalue weighted by Crippen LogP contribution is -2.26. The first-order chi connectivity index (χ1) is 7.11. The first kappa shape index (κ1) is 12.1. The SMILES string of the molecule is CCCC(=O)NOc1cc(Cl)cc(Cl)c1. The summed E-state index contributed by atoms with van der Waals surface area (Å²) in [4.78, 5) is 16.1. The molecule has 0 spiro atoms. The molecule has 1 aromatic carbocycles. The summed E-state index contributed by atoms with van der Waals surface area (Å²) in [5, 5.41) is 0.921. The predicted molar refractivity (Wildman–Crippen MR) is 60.1 cm³/mol. The number of carbonyl (C=O) groups is 1. The number of hydroxylamine groups is 1. The van der Waals surface area contributed by atoms with Crippen LogP contribution < -0.4 is 10.3 Å². The minimum absolute atomic E-state index is 0.173. The van der Waals surface area contributed by atoms with Crippen molar-refractivity contribution in [1.29, 1.82) is 0 Å². The largest absolute Gasteiger partial charge is 0.379 e. The molecule has 1 amide bonds. The van der Waals surface area contributed by atoms with Gasteiger partial charge in [0.25, 0.3) is 5.91 Å². The molecule has 0 atom stereocenters. The van der Waals surface area contributed by atoms with Crippen LogP contribution in [0.4, 0.5) is 0 Å². The number of halogens is 2. The van der Waals surface area contributed by atoms with Crippen LogP contribution in [0.3, 0.4) is 0 Å². The maximum atomic E-state index is 11.1. The smallest absolute Gasteiger partial charge is 0.252 e. The van der Waals surface area contributed by atoms with E-state index in [0.29, 0.717) is 22.2 Å². The first-order valence-corrected chi connectivity index (χ1v) is 5.29. The van der Waals surface area contributed by atoms with Crippen LogP contribution in [0.5, 0.6) is 5.75 Å². The molecule has 0 heterocycles. The van der Waals surface area contributed by atoms with Crippen LogP contribution in [0.2, 0.25) is 10.0 Å². The standard InChI is InChI=1S/C10H11Cl2NO2/c1-2-3-10(14)13-15-9-5-7(11)4-8(12)6-9/h4-6H,2-3H2,1H3,(H,13,14). The van der Waals surface area contributed by atoms with Gasteiger partial charge >= 0.3 is 0 Å². The van der Waals surface area contributed by atoms with Gasteiger partial charge in [0.2, 0.25) is 0 Å². The number of rotatable bonds is 4. The highest BCUT2D eigenvalue weighted by Crippen LogP contribution is 2.23. The number of amides is 1. The molecule has 0 saturated carbocycles. The van der Waals surface area contributed by atoms with E-state index in [0.717, 1.165) is 6.42 Å². The van der Waals surface area contributed by atoms with E-state index in [1.807, 2.05) is 6.92 Å². The summed E-state index contributed by atoms with van der Waals surface area (Å²) in [5.74, 6) is 0.241. The van der Waals surface area contributed by atoms with Gasteiger partial charge in [-0.2, -0.15) is 5.48 Å². The Balaban J connectivity index is 2.54. The van der Waals surface area contributed by atoms with Crippen LogP contribution in [0, 0.1) is 0 Å². The van der Waals surface area contributed by atoms with Gasteiger partial charge in [0.05, 0.1) is 0 Å². The van der Waals surface area contributed by atoms with Gasteiger partial charge in [0, 0.05) is 28.6 Å². The Morgan fingerprint density at radius 3 is 2.47 bits per heavy atom. The molecule has 1 rings (SSSR count). The van der Waals surface area contributed by atoms with E-state index in [4.69, 9.17) is 28.0 Å². The molecule has 0 saturated heterocycles. The third kappa shape index (κ3) is 4.40. The number of benzene rings is 1. The molecule has 82 valence electrons. The zero-order valence-corrected chi connectivity index (χ0v) is 9.73. The maximum absolute atomic E-state index is 11.1. The van der Waals surface area contributed by atoms with E-state index in [2.05, 4.69) is 5.48 Å². The van der Waals surface area contributed by atoms with E-state index >= 15 is 0 Å². The highest BCUT2D eigenvalue weighted by molar-refractivity contribution is 6.34. The van der Waals surface area contributed by atoms with E-state index in [1.54, 1.807) is 18.2 Å². The van der Waals surface area contributed by atoms with Gasteiger partial charge in [0.1, 0.15) is 0 Å². The minimum atomic E-state index is -0.173. The normalized spacial score (nSPS) is 9.80. The van der Waals surface area contributed by atoms with Gasteiger partial charge in [0.15, 0.2) is 5.75 Å². The van der Waals surface area contributed by atoms with E-state index in [-0.39, 0.29) is 5.91 Å². The van der Waals surface area contributed by atoms with Gasteiger partial charge in [-0.15, -0.1) is 0 Å². The summed E-state index contributed by atoms with van der Waals surface area (Å²) in [5.41, 5.74) is 2.30. The van der Waals surface area contributed by atoms with Crippen molar-refractivity contribution >= 4 is 29.1 Å². The summed E-state index contributed by atoms with van der Waals surface area (Å²) in [7, 11) is 0. The molecule has 0 unspecified atom stereocenters. The van der Waals surface area contributed by atoms with Crippen molar-refractivity contribution in [2.24, 2.45) is 0 Å². The lowest BCUT2D eigenvalue weighted by atomic mass is 10.3. The summed E-state index contributed by atoms with van der Waals surface area (Å²) in [6.45, 7) is 1.91. The summed E-state index contributed by atoms with van der Waals surface area (Å²) >= 11 is 11.5. The first-order valence-electron chi connectivity index (χ1n) is 4.53. The van der Waals surface area contributed by atoms with E-state index < -0.39 is 0 Å². The highest BCUT2D eigenvalue weighted by Gasteiger charge is 2.02. The molecule has 15 heavy (non-hydrogen) atoms. The minimum Gasteiger partial charge on any atom is -0.379 e. The predicted octanol–water partition coefficient (Wildman–Crippen LogP) is 3.20. The number of hydrogen-bond donors (Lipinski definition) is 1. The molecule has 0 bridgehead atoms. The Labute approximate surface area is 98.3 Å². The molecular weight excluding hydrogens is 237 g/mol. The van der Waals surface area contributed by atoms with Gasteiger partial charge in [-0.3, -0.25) is 4.79 Å².